The van der Waals surface area contributed by atoms with Gasteiger partial charge < -0.3 is 37.0 Å². The fourth-order valence-electron chi connectivity index (χ4n) is 3.70. The van der Waals surface area contributed by atoms with Crippen molar-refractivity contribution in [3.8, 4) is 5.75 Å². The first-order valence-corrected chi connectivity index (χ1v) is 12.6. The van der Waals surface area contributed by atoms with E-state index in [0.717, 1.165) is 5.56 Å². The van der Waals surface area contributed by atoms with Gasteiger partial charge in [0.25, 0.3) is 0 Å². The molecule has 38 heavy (non-hydrogen) atoms. The first kappa shape index (κ1) is 32.4. The van der Waals surface area contributed by atoms with Gasteiger partial charge >= 0.3 is 11.9 Å². The summed E-state index contributed by atoms with van der Waals surface area (Å²) < 4.78 is 0. The van der Waals surface area contributed by atoms with Crippen LogP contribution in [0.15, 0.2) is 24.3 Å². The number of nitrogens with one attached hydrogen (secondary N) is 3. The molecule has 0 saturated carbocycles. The number of aromatic hydroxyl groups is 1. The molecule has 0 bridgehead atoms. The predicted octanol–water partition coefficient (Wildman–Crippen LogP) is 0.758. The molecule has 5 atom stereocenters. The van der Waals surface area contributed by atoms with Crippen LogP contribution in [0.1, 0.15) is 58.9 Å². The second kappa shape index (κ2) is 15.6. The summed E-state index contributed by atoms with van der Waals surface area (Å²) in [5, 5.41) is 35.3. The topological polar surface area (TPSA) is 208 Å². The average molecular weight is 537 g/mol. The number of amides is 3. The number of carbonyl (C=O) groups excluding carboxylic acids is 3. The smallest absolute Gasteiger partial charge is 0.326 e. The summed E-state index contributed by atoms with van der Waals surface area (Å²) >= 11 is 0. The van der Waals surface area contributed by atoms with Gasteiger partial charge in [0.1, 0.15) is 23.9 Å². The van der Waals surface area contributed by atoms with Crippen LogP contribution in [-0.4, -0.2) is 69.1 Å². The normalized spacial score (nSPS) is 15.0. The van der Waals surface area contributed by atoms with Crippen molar-refractivity contribution in [1.82, 2.24) is 16.0 Å². The zero-order valence-corrected chi connectivity index (χ0v) is 22.3. The van der Waals surface area contributed by atoms with E-state index in [-0.39, 0.29) is 36.8 Å². The van der Waals surface area contributed by atoms with E-state index in [2.05, 4.69) is 16.0 Å². The van der Waals surface area contributed by atoms with E-state index in [4.69, 9.17) is 10.8 Å². The molecular weight excluding hydrogens is 496 g/mol. The number of hydrogen-bond acceptors (Lipinski definition) is 7. The third-order valence-corrected chi connectivity index (χ3v) is 6.12. The quantitative estimate of drug-likeness (QED) is 0.159. The number of carboxylic acid groups (broad SMARTS) is 2. The van der Waals surface area contributed by atoms with Gasteiger partial charge in [-0.3, -0.25) is 19.2 Å². The Bertz CT molecular complexity index is 966. The molecule has 12 nitrogen and oxygen atoms in total. The summed E-state index contributed by atoms with van der Waals surface area (Å²) in [6, 6.07) is 1.70. The second-order valence-electron chi connectivity index (χ2n) is 9.87. The molecule has 0 aromatic heterocycles. The number of rotatable bonds is 16. The van der Waals surface area contributed by atoms with Gasteiger partial charge in [-0.25, -0.2) is 4.79 Å². The van der Waals surface area contributed by atoms with Gasteiger partial charge in [0.05, 0.1) is 6.04 Å². The lowest BCUT2D eigenvalue weighted by molar-refractivity contribution is -0.143. The lowest BCUT2D eigenvalue weighted by atomic mass is 9.96. The highest BCUT2D eigenvalue weighted by molar-refractivity contribution is 5.94. The molecule has 0 aliphatic carbocycles. The minimum atomic E-state index is -1.44. The van der Waals surface area contributed by atoms with Crippen LogP contribution in [0.25, 0.3) is 0 Å². The largest absolute Gasteiger partial charge is 0.508 e. The van der Waals surface area contributed by atoms with E-state index >= 15 is 0 Å². The molecule has 8 N–H and O–H groups in total. The average Bonchev–Trinajstić information content (AvgIpc) is 2.84. The molecular formula is C26H40N4O8. The number of carbonyl (C=O) groups is 5. The van der Waals surface area contributed by atoms with Crippen molar-refractivity contribution in [2.45, 2.75) is 84.0 Å². The number of nitrogens with two attached hydrogens (primary N) is 1. The predicted molar refractivity (Wildman–Crippen MR) is 139 cm³/mol. The maximum Gasteiger partial charge on any atom is 0.326 e. The SMILES string of the molecule is CCC(C)C(NC(=O)C(CC(C)C)NC(=O)C(N)Cc1ccc(O)cc1)C(=O)NC(CCC(=O)O)C(=O)O. The van der Waals surface area contributed by atoms with Crippen LogP contribution in [0.3, 0.4) is 0 Å². The van der Waals surface area contributed by atoms with Gasteiger partial charge in [-0.2, -0.15) is 0 Å². The molecule has 0 heterocycles. The standard InChI is InChI=1S/C26H40N4O8/c1-5-15(4)22(25(36)28-19(26(37)38)10-11-21(32)33)30-24(35)20(12-14(2)3)29-23(34)18(27)13-16-6-8-17(31)9-7-16/h6-9,14-15,18-20,22,31H,5,10-13,27H2,1-4H3,(H,28,36)(H,29,34)(H,30,35)(H,32,33)(H,37,38). The van der Waals surface area contributed by atoms with Gasteiger partial charge in [0.2, 0.25) is 17.7 Å². The van der Waals surface area contributed by atoms with Gasteiger partial charge in [0, 0.05) is 6.42 Å². The number of phenolic OH excluding ortho intramolecular Hbond substituents is 1. The first-order valence-electron chi connectivity index (χ1n) is 12.6. The van der Waals surface area contributed by atoms with Gasteiger partial charge in [-0.15, -0.1) is 0 Å². The third-order valence-electron chi connectivity index (χ3n) is 6.12. The van der Waals surface area contributed by atoms with Crippen LogP contribution in [0, 0.1) is 11.8 Å². The molecule has 212 valence electrons. The molecule has 0 aliphatic heterocycles. The molecule has 3 amide bonds. The second-order valence-corrected chi connectivity index (χ2v) is 9.87. The molecule has 0 fully saturated rings. The summed E-state index contributed by atoms with van der Waals surface area (Å²) in [5.74, 6) is -4.84. The summed E-state index contributed by atoms with van der Waals surface area (Å²) in [6.07, 6.45) is 0.138. The third kappa shape index (κ3) is 11.2. The zero-order valence-electron chi connectivity index (χ0n) is 22.3. The van der Waals surface area contributed by atoms with E-state index in [1.165, 1.54) is 12.1 Å². The molecule has 1 rings (SSSR count). The molecule has 0 aliphatic rings. The van der Waals surface area contributed by atoms with Crippen LogP contribution >= 0.6 is 0 Å². The Morgan fingerprint density at radius 3 is 1.95 bits per heavy atom. The van der Waals surface area contributed by atoms with E-state index in [1.807, 2.05) is 13.8 Å². The van der Waals surface area contributed by atoms with E-state index in [1.54, 1.807) is 26.0 Å². The number of aliphatic carboxylic acids is 2. The number of benzene rings is 1. The van der Waals surface area contributed by atoms with Crippen molar-refractivity contribution in [2.24, 2.45) is 17.6 Å². The summed E-state index contributed by atoms with van der Waals surface area (Å²) in [5.41, 5.74) is 6.77. The molecule has 5 unspecified atom stereocenters. The lowest BCUT2D eigenvalue weighted by Crippen LogP contribution is -2.59. The van der Waals surface area contributed by atoms with Crippen LogP contribution in [0.4, 0.5) is 0 Å². The van der Waals surface area contributed by atoms with Crippen LogP contribution < -0.4 is 21.7 Å². The van der Waals surface area contributed by atoms with Crippen molar-refractivity contribution in [3.05, 3.63) is 29.8 Å². The van der Waals surface area contributed by atoms with Gasteiger partial charge in [-0.1, -0.05) is 46.2 Å². The molecule has 0 spiro atoms. The minimum absolute atomic E-state index is 0.00246. The lowest BCUT2D eigenvalue weighted by Gasteiger charge is -2.28. The van der Waals surface area contributed by atoms with E-state index < -0.39 is 60.2 Å². The Kier molecular flexibility index (Phi) is 13.2. The van der Waals surface area contributed by atoms with Crippen molar-refractivity contribution in [3.63, 3.8) is 0 Å². The Hall–Kier alpha value is -3.67. The summed E-state index contributed by atoms with van der Waals surface area (Å²) in [6.45, 7) is 7.23. The zero-order chi connectivity index (χ0) is 29.0. The van der Waals surface area contributed by atoms with Crippen molar-refractivity contribution in [1.29, 1.82) is 0 Å². The summed E-state index contributed by atoms with van der Waals surface area (Å²) in [4.78, 5) is 61.4. The number of phenols is 1. The Labute approximate surface area is 222 Å². The fourth-order valence-corrected chi connectivity index (χ4v) is 3.70. The van der Waals surface area contributed by atoms with Gasteiger partial charge in [0.15, 0.2) is 0 Å². The fraction of sp³-hybridized carbons (Fsp3) is 0.577. The maximum atomic E-state index is 13.2. The highest BCUT2D eigenvalue weighted by atomic mass is 16.4. The van der Waals surface area contributed by atoms with Crippen molar-refractivity contribution >= 4 is 29.7 Å². The molecule has 1 aromatic carbocycles. The molecule has 12 heteroatoms. The van der Waals surface area contributed by atoms with Crippen molar-refractivity contribution in [2.75, 3.05) is 0 Å². The van der Waals surface area contributed by atoms with E-state index in [9.17, 15) is 34.2 Å². The van der Waals surface area contributed by atoms with Crippen LogP contribution in [0.2, 0.25) is 0 Å². The highest BCUT2D eigenvalue weighted by Gasteiger charge is 2.33. The maximum absolute atomic E-state index is 13.2. The Morgan fingerprint density at radius 1 is 0.868 bits per heavy atom. The van der Waals surface area contributed by atoms with E-state index in [0.29, 0.717) is 6.42 Å². The Balaban J connectivity index is 2.99. The molecule has 0 saturated heterocycles. The van der Waals surface area contributed by atoms with Crippen molar-refractivity contribution < 1.29 is 39.3 Å². The van der Waals surface area contributed by atoms with Gasteiger partial charge in [-0.05, 0) is 48.8 Å². The minimum Gasteiger partial charge on any atom is -0.508 e. The highest BCUT2D eigenvalue weighted by Crippen LogP contribution is 2.13. The molecule has 0 radical (unpaired) electrons. The summed E-state index contributed by atoms with van der Waals surface area (Å²) in [7, 11) is 0. The first-order chi connectivity index (χ1) is 17.7. The van der Waals surface area contributed by atoms with Crippen LogP contribution in [0.5, 0.6) is 5.75 Å². The molecule has 1 aromatic rings. The van der Waals surface area contributed by atoms with Crippen LogP contribution in [-0.2, 0) is 30.4 Å². The monoisotopic (exact) mass is 536 g/mol. The number of hydrogen-bond donors (Lipinski definition) is 7. The number of carboxylic acids is 2. The Morgan fingerprint density at radius 2 is 1.45 bits per heavy atom.